The van der Waals surface area contributed by atoms with Crippen LogP contribution in [-0.2, 0) is 9.53 Å². The Labute approximate surface area is 121 Å². The predicted molar refractivity (Wildman–Crippen MR) is 78.4 cm³/mol. The number of rotatable bonds is 6. The third-order valence-corrected chi connectivity index (χ3v) is 2.80. The highest BCUT2D eigenvalue weighted by Gasteiger charge is 2.25. The van der Waals surface area contributed by atoms with Crippen LogP contribution < -0.4 is 11.5 Å². The summed E-state index contributed by atoms with van der Waals surface area (Å²) in [6, 6.07) is 0. The summed E-state index contributed by atoms with van der Waals surface area (Å²) in [5, 5.41) is 0. The van der Waals surface area contributed by atoms with Gasteiger partial charge in [0.25, 0.3) is 0 Å². The topological polar surface area (TPSA) is 84.8 Å². The SMILES string of the molecule is CN(CC(N)=O)CC1CN(CC(C)(C)N)CCO1.Cl. The van der Waals surface area contributed by atoms with Crippen molar-refractivity contribution in [3.05, 3.63) is 0 Å². The van der Waals surface area contributed by atoms with Crippen LogP contribution in [0.25, 0.3) is 0 Å². The van der Waals surface area contributed by atoms with Crippen LogP contribution >= 0.6 is 12.4 Å². The Morgan fingerprint density at radius 1 is 1.53 bits per heavy atom. The lowest BCUT2D eigenvalue weighted by atomic mass is 10.1. The van der Waals surface area contributed by atoms with Gasteiger partial charge in [0.2, 0.25) is 5.91 Å². The van der Waals surface area contributed by atoms with E-state index < -0.39 is 0 Å². The van der Waals surface area contributed by atoms with E-state index in [-0.39, 0.29) is 36.5 Å². The van der Waals surface area contributed by atoms with Crippen LogP contribution in [0.4, 0.5) is 0 Å². The summed E-state index contributed by atoms with van der Waals surface area (Å²) in [7, 11) is 1.87. The van der Waals surface area contributed by atoms with Crippen LogP contribution in [0.3, 0.4) is 0 Å². The lowest BCUT2D eigenvalue weighted by Crippen LogP contribution is -2.53. The first kappa shape index (κ1) is 18.6. The summed E-state index contributed by atoms with van der Waals surface area (Å²) in [5.74, 6) is -0.312. The van der Waals surface area contributed by atoms with E-state index in [9.17, 15) is 4.79 Å². The number of amides is 1. The average molecular weight is 295 g/mol. The monoisotopic (exact) mass is 294 g/mol. The minimum absolute atomic E-state index is 0. The van der Waals surface area contributed by atoms with E-state index in [1.807, 2.05) is 25.8 Å². The van der Waals surface area contributed by atoms with Gasteiger partial charge in [-0.05, 0) is 20.9 Å². The van der Waals surface area contributed by atoms with Gasteiger partial charge in [-0.25, -0.2) is 0 Å². The third kappa shape index (κ3) is 8.39. The molecule has 1 rings (SSSR count). The summed E-state index contributed by atoms with van der Waals surface area (Å²) in [6.45, 7) is 8.36. The van der Waals surface area contributed by atoms with E-state index >= 15 is 0 Å². The molecule has 0 radical (unpaired) electrons. The van der Waals surface area contributed by atoms with Gasteiger partial charge in [-0.15, -0.1) is 12.4 Å². The van der Waals surface area contributed by atoms with Crippen molar-refractivity contribution < 1.29 is 9.53 Å². The van der Waals surface area contributed by atoms with E-state index in [0.29, 0.717) is 13.2 Å². The number of ether oxygens (including phenoxy) is 1. The van der Waals surface area contributed by atoms with Crippen LogP contribution in [0.5, 0.6) is 0 Å². The predicted octanol–water partition coefficient (Wildman–Crippen LogP) is -0.737. The molecule has 7 heteroatoms. The van der Waals surface area contributed by atoms with Crippen molar-refractivity contribution in [2.75, 3.05) is 46.4 Å². The molecule has 114 valence electrons. The molecular weight excluding hydrogens is 268 g/mol. The molecule has 0 aliphatic carbocycles. The quantitative estimate of drug-likeness (QED) is 0.674. The first-order chi connectivity index (χ1) is 8.26. The summed E-state index contributed by atoms with van der Waals surface area (Å²) in [6.07, 6.45) is 0.116. The van der Waals surface area contributed by atoms with E-state index in [1.54, 1.807) is 0 Å². The lowest BCUT2D eigenvalue weighted by molar-refractivity contribution is -0.119. The van der Waals surface area contributed by atoms with Crippen LogP contribution in [0.15, 0.2) is 0 Å². The minimum atomic E-state index is -0.312. The molecule has 1 aliphatic heterocycles. The molecule has 19 heavy (non-hydrogen) atoms. The van der Waals surface area contributed by atoms with E-state index in [1.165, 1.54) is 0 Å². The molecular formula is C12H27ClN4O2. The highest BCUT2D eigenvalue weighted by Crippen LogP contribution is 2.09. The molecule has 0 spiro atoms. The molecule has 1 aliphatic rings. The van der Waals surface area contributed by atoms with Gasteiger partial charge in [-0.1, -0.05) is 0 Å². The number of nitrogens with two attached hydrogens (primary N) is 2. The maximum absolute atomic E-state index is 10.8. The number of halogens is 1. The molecule has 1 amide bonds. The van der Waals surface area contributed by atoms with Crippen molar-refractivity contribution in [3.8, 4) is 0 Å². The smallest absolute Gasteiger partial charge is 0.231 e. The molecule has 1 atom stereocenters. The number of nitrogens with zero attached hydrogens (tertiary/aromatic N) is 2. The van der Waals surface area contributed by atoms with Gasteiger partial charge in [-0.3, -0.25) is 14.6 Å². The number of hydrogen-bond donors (Lipinski definition) is 2. The molecule has 0 aromatic heterocycles. The Kier molecular flexibility index (Phi) is 7.85. The van der Waals surface area contributed by atoms with Gasteiger partial charge >= 0.3 is 0 Å². The van der Waals surface area contributed by atoms with Crippen LogP contribution in [0, 0.1) is 0 Å². The zero-order valence-electron chi connectivity index (χ0n) is 12.1. The zero-order valence-corrected chi connectivity index (χ0v) is 12.9. The number of hydrogen-bond acceptors (Lipinski definition) is 5. The van der Waals surface area contributed by atoms with Crippen molar-refractivity contribution >= 4 is 18.3 Å². The fourth-order valence-electron chi connectivity index (χ4n) is 2.29. The fraction of sp³-hybridized carbons (Fsp3) is 0.917. The Hall–Kier alpha value is -0.400. The molecule has 0 aromatic carbocycles. The fourth-order valence-corrected chi connectivity index (χ4v) is 2.29. The van der Waals surface area contributed by atoms with Crippen molar-refractivity contribution in [3.63, 3.8) is 0 Å². The first-order valence-electron chi connectivity index (χ1n) is 6.36. The first-order valence-corrected chi connectivity index (χ1v) is 6.36. The van der Waals surface area contributed by atoms with Crippen molar-refractivity contribution in [2.45, 2.75) is 25.5 Å². The summed E-state index contributed by atoms with van der Waals surface area (Å²) in [4.78, 5) is 15.0. The molecule has 1 heterocycles. The second-order valence-corrected chi connectivity index (χ2v) is 5.88. The number of carbonyl (C=O) groups is 1. The number of likely N-dealkylation sites (N-methyl/N-ethyl adjacent to an activating group) is 1. The molecule has 1 fully saturated rings. The summed E-state index contributed by atoms with van der Waals surface area (Å²) < 4.78 is 5.70. The average Bonchev–Trinajstić information content (AvgIpc) is 2.13. The second-order valence-electron chi connectivity index (χ2n) is 5.88. The van der Waals surface area contributed by atoms with Crippen molar-refractivity contribution in [1.82, 2.24) is 9.80 Å². The summed E-state index contributed by atoms with van der Waals surface area (Å²) >= 11 is 0. The molecule has 0 bridgehead atoms. The van der Waals surface area contributed by atoms with Crippen molar-refractivity contribution in [1.29, 1.82) is 0 Å². The number of carbonyl (C=O) groups excluding carboxylic acids is 1. The maximum Gasteiger partial charge on any atom is 0.231 e. The molecule has 1 unspecified atom stereocenters. The van der Waals surface area contributed by atoms with Gasteiger partial charge in [0.1, 0.15) is 0 Å². The lowest BCUT2D eigenvalue weighted by Gasteiger charge is -2.37. The maximum atomic E-state index is 10.8. The number of primary amides is 1. The van der Waals surface area contributed by atoms with Crippen LogP contribution in [0.1, 0.15) is 13.8 Å². The highest BCUT2D eigenvalue weighted by molar-refractivity contribution is 5.85. The molecule has 4 N–H and O–H groups in total. The summed E-state index contributed by atoms with van der Waals surface area (Å²) in [5.41, 5.74) is 11.0. The Morgan fingerprint density at radius 3 is 2.68 bits per heavy atom. The normalized spacial score (nSPS) is 21.2. The largest absolute Gasteiger partial charge is 0.374 e. The molecule has 6 nitrogen and oxygen atoms in total. The van der Waals surface area contributed by atoms with Gasteiger partial charge in [-0.2, -0.15) is 0 Å². The van der Waals surface area contributed by atoms with Crippen LogP contribution in [-0.4, -0.2) is 73.7 Å². The van der Waals surface area contributed by atoms with Crippen LogP contribution in [0.2, 0.25) is 0 Å². The molecule has 0 aromatic rings. The molecule has 0 saturated carbocycles. The van der Waals surface area contributed by atoms with Crippen molar-refractivity contribution in [2.24, 2.45) is 11.5 Å². The van der Waals surface area contributed by atoms with Gasteiger partial charge in [0.15, 0.2) is 0 Å². The molecule has 1 saturated heterocycles. The van der Waals surface area contributed by atoms with E-state index in [2.05, 4.69) is 4.90 Å². The Bertz CT molecular complexity index is 283. The van der Waals surface area contributed by atoms with Gasteiger partial charge in [0.05, 0.1) is 19.3 Å². The second kappa shape index (κ2) is 8.01. The van der Waals surface area contributed by atoms with Gasteiger partial charge in [0, 0.05) is 31.7 Å². The number of morpholine rings is 1. The Balaban J connectivity index is 0.00000324. The standard InChI is InChI=1S/C12H26N4O2.ClH/c1-12(2,14)9-16-4-5-18-10(7-16)6-15(3)8-11(13)17;/h10H,4-9,14H2,1-3H3,(H2,13,17);1H. The Morgan fingerprint density at radius 2 is 2.16 bits per heavy atom. The van der Waals surface area contributed by atoms with Gasteiger partial charge < -0.3 is 16.2 Å². The third-order valence-electron chi connectivity index (χ3n) is 2.80. The minimum Gasteiger partial charge on any atom is -0.374 e. The highest BCUT2D eigenvalue weighted by atomic mass is 35.5. The van der Waals surface area contributed by atoms with E-state index in [4.69, 9.17) is 16.2 Å². The van der Waals surface area contributed by atoms with E-state index in [0.717, 1.165) is 19.6 Å². The zero-order chi connectivity index (χ0) is 13.8.